The van der Waals surface area contributed by atoms with Crippen LogP contribution in [0, 0.1) is 13.8 Å². The Bertz CT molecular complexity index is 1520. The second-order valence-corrected chi connectivity index (χ2v) is 8.96. The monoisotopic (exact) mass is 523 g/mol. The second-order valence-electron chi connectivity index (χ2n) is 8.12. The molecule has 0 saturated heterocycles. The van der Waals surface area contributed by atoms with E-state index in [9.17, 15) is 9.90 Å². The van der Waals surface area contributed by atoms with Crippen molar-refractivity contribution < 1.29 is 19.4 Å². The summed E-state index contributed by atoms with van der Waals surface area (Å²) in [6.07, 6.45) is 0. The number of phenolic OH excluding ortho intramolecular Hbond substituents is 1. The largest absolute Gasteiger partial charge is 0.505 e. The number of rotatable bonds is 6. The third kappa shape index (κ3) is 5.08. The first-order valence-electron chi connectivity index (χ1n) is 10.9. The van der Waals surface area contributed by atoms with Crippen molar-refractivity contribution in [3.05, 3.63) is 81.3 Å². The zero-order valence-corrected chi connectivity index (χ0v) is 21.5. The van der Waals surface area contributed by atoms with Gasteiger partial charge >= 0.3 is 0 Å². The molecular formula is C27H23Cl2N3O4. The van der Waals surface area contributed by atoms with Crippen molar-refractivity contribution in [1.29, 1.82) is 0 Å². The van der Waals surface area contributed by atoms with Crippen LogP contribution in [0.1, 0.15) is 21.5 Å². The van der Waals surface area contributed by atoms with Gasteiger partial charge in [-0.25, -0.2) is 0 Å². The second kappa shape index (κ2) is 10.4. The van der Waals surface area contributed by atoms with Gasteiger partial charge in [-0.05, 0) is 55.1 Å². The van der Waals surface area contributed by atoms with E-state index < -0.39 is 5.91 Å². The molecule has 0 atom stereocenters. The van der Waals surface area contributed by atoms with E-state index in [1.165, 1.54) is 20.3 Å². The summed E-state index contributed by atoms with van der Waals surface area (Å²) in [6, 6.07) is 15.6. The average Bonchev–Trinajstić information content (AvgIpc) is 2.84. The molecule has 184 valence electrons. The predicted molar refractivity (Wildman–Crippen MR) is 143 cm³/mol. The number of nitrogens with zero attached hydrogens (tertiary/aromatic N) is 2. The Morgan fingerprint density at radius 1 is 0.917 bits per heavy atom. The van der Waals surface area contributed by atoms with Crippen molar-refractivity contribution in [3.63, 3.8) is 0 Å². The number of hydrogen-bond acceptors (Lipinski definition) is 6. The molecule has 0 saturated carbocycles. The number of methoxy groups -OCH3 is 2. The van der Waals surface area contributed by atoms with Gasteiger partial charge in [-0.3, -0.25) is 4.79 Å². The van der Waals surface area contributed by atoms with E-state index in [1.54, 1.807) is 30.3 Å². The van der Waals surface area contributed by atoms with Gasteiger partial charge in [0.1, 0.15) is 17.2 Å². The molecule has 9 heteroatoms. The Hall–Kier alpha value is -3.81. The van der Waals surface area contributed by atoms with Gasteiger partial charge in [-0.1, -0.05) is 47.0 Å². The number of aryl methyl sites for hydroxylation is 2. The first kappa shape index (κ1) is 25.3. The topological polar surface area (TPSA) is 92.5 Å². The highest BCUT2D eigenvalue weighted by Gasteiger charge is 2.21. The highest BCUT2D eigenvalue weighted by Crippen LogP contribution is 2.41. The highest BCUT2D eigenvalue weighted by atomic mass is 35.5. The molecule has 0 heterocycles. The molecule has 7 nitrogen and oxygen atoms in total. The maximum Gasteiger partial charge on any atom is 0.259 e. The number of azo groups is 1. The fourth-order valence-corrected chi connectivity index (χ4v) is 4.22. The van der Waals surface area contributed by atoms with Crippen LogP contribution in [-0.4, -0.2) is 25.2 Å². The zero-order valence-electron chi connectivity index (χ0n) is 20.0. The number of nitrogens with one attached hydrogen (secondary N) is 1. The lowest BCUT2D eigenvalue weighted by molar-refractivity contribution is 0.102. The van der Waals surface area contributed by atoms with Gasteiger partial charge in [0.2, 0.25) is 0 Å². The number of carbonyl (C=O) groups excluding carboxylic acids is 1. The number of halogens is 2. The molecule has 0 aliphatic heterocycles. The van der Waals surface area contributed by atoms with E-state index in [-0.39, 0.29) is 17.0 Å². The minimum Gasteiger partial charge on any atom is -0.505 e. The standard InChI is InChI=1S/C27H23Cl2N3O4/c1-14-5-7-18-16(9-14)11-19(26(33)25(18)32-31-21-8-6-17(28)10-15(21)2)27(34)30-22-12-20(29)23(35-3)13-24(22)36-4/h5-13,33H,1-4H3,(H,30,34). The SMILES string of the molecule is COc1cc(OC)c(NC(=O)c2cc3cc(C)ccc3c(N=Nc3ccc(Cl)cc3C)c2O)cc1Cl. The van der Waals surface area contributed by atoms with E-state index in [0.717, 1.165) is 16.5 Å². The Morgan fingerprint density at radius 2 is 1.67 bits per heavy atom. The summed E-state index contributed by atoms with van der Waals surface area (Å²) in [4.78, 5) is 13.3. The molecular weight excluding hydrogens is 501 g/mol. The van der Waals surface area contributed by atoms with Crippen LogP contribution in [0.4, 0.5) is 17.1 Å². The van der Waals surface area contributed by atoms with E-state index >= 15 is 0 Å². The molecule has 2 N–H and O–H groups in total. The maximum absolute atomic E-state index is 13.3. The molecule has 4 aromatic rings. The number of ether oxygens (including phenoxy) is 2. The Kier molecular flexibility index (Phi) is 7.33. The number of phenols is 1. The maximum atomic E-state index is 13.3. The zero-order chi connectivity index (χ0) is 26.0. The molecule has 0 bridgehead atoms. The molecule has 1 amide bonds. The molecule has 0 radical (unpaired) electrons. The molecule has 4 aromatic carbocycles. The van der Waals surface area contributed by atoms with Crippen molar-refractivity contribution in [3.8, 4) is 17.2 Å². The summed E-state index contributed by atoms with van der Waals surface area (Å²) in [5, 5.41) is 24.8. The predicted octanol–water partition coefficient (Wildman–Crippen LogP) is 8.15. The number of benzene rings is 4. The van der Waals surface area contributed by atoms with Crippen molar-refractivity contribution in [2.24, 2.45) is 10.2 Å². The van der Waals surface area contributed by atoms with Crippen molar-refractivity contribution in [1.82, 2.24) is 0 Å². The molecule has 4 rings (SSSR count). The lowest BCUT2D eigenvalue weighted by Gasteiger charge is -2.15. The van der Waals surface area contributed by atoms with Crippen LogP contribution >= 0.6 is 23.2 Å². The van der Waals surface area contributed by atoms with Crippen LogP contribution in [0.5, 0.6) is 17.2 Å². The van der Waals surface area contributed by atoms with E-state index in [2.05, 4.69) is 15.5 Å². The minimum absolute atomic E-state index is 0.0175. The van der Waals surface area contributed by atoms with E-state index in [4.69, 9.17) is 32.7 Å². The molecule has 0 fully saturated rings. The van der Waals surface area contributed by atoms with Crippen LogP contribution in [0.3, 0.4) is 0 Å². The number of fused-ring (bicyclic) bond motifs is 1. The van der Waals surface area contributed by atoms with Crippen molar-refractivity contribution in [2.45, 2.75) is 13.8 Å². The summed E-state index contributed by atoms with van der Waals surface area (Å²) in [7, 11) is 2.95. The van der Waals surface area contributed by atoms with Gasteiger partial charge in [0.15, 0.2) is 5.75 Å². The third-order valence-electron chi connectivity index (χ3n) is 5.62. The van der Waals surface area contributed by atoms with Gasteiger partial charge in [-0.15, -0.1) is 5.11 Å². The highest BCUT2D eigenvalue weighted by molar-refractivity contribution is 6.32. The summed E-state index contributed by atoms with van der Waals surface area (Å²) >= 11 is 12.3. The lowest BCUT2D eigenvalue weighted by Crippen LogP contribution is -2.13. The molecule has 36 heavy (non-hydrogen) atoms. The normalized spacial score (nSPS) is 11.2. The molecule has 0 unspecified atom stereocenters. The Balaban J connectivity index is 1.81. The van der Waals surface area contributed by atoms with Crippen molar-refractivity contribution >= 4 is 56.9 Å². The van der Waals surface area contributed by atoms with Gasteiger partial charge in [-0.2, -0.15) is 5.11 Å². The van der Waals surface area contributed by atoms with Crippen LogP contribution in [-0.2, 0) is 0 Å². The number of carbonyl (C=O) groups is 1. The van der Waals surface area contributed by atoms with E-state index in [1.807, 2.05) is 32.0 Å². The van der Waals surface area contributed by atoms with E-state index in [0.29, 0.717) is 38.3 Å². The van der Waals surface area contributed by atoms with Gasteiger partial charge in [0.25, 0.3) is 5.91 Å². The number of anilines is 1. The fraction of sp³-hybridized carbons (Fsp3) is 0.148. The average molecular weight is 524 g/mol. The van der Waals surface area contributed by atoms with Crippen LogP contribution in [0.2, 0.25) is 10.0 Å². The number of hydrogen-bond donors (Lipinski definition) is 2. The molecule has 0 aromatic heterocycles. The summed E-state index contributed by atoms with van der Waals surface area (Å²) in [6.45, 7) is 3.80. The molecule has 0 spiro atoms. The molecule has 0 aliphatic rings. The minimum atomic E-state index is -0.574. The molecule has 0 aliphatic carbocycles. The summed E-state index contributed by atoms with van der Waals surface area (Å²) in [5.74, 6) is -0.137. The summed E-state index contributed by atoms with van der Waals surface area (Å²) in [5.41, 5.74) is 2.90. The number of amides is 1. The lowest BCUT2D eigenvalue weighted by atomic mass is 10.0. The summed E-state index contributed by atoms with van der Waals surface area (Å²) < 4.78 is 10.6. The van der Waals surface area contributed by atoms with Gasteiger partial charge in [0.05, 0.1) is 36.2 Å². The van der Waals surface area contributed by atoms with Crippen molar-refractivity contribution in [2.75, 3.05) is 19.5 Å². The van der Waals surface area contributed by atoms with Crippen LogP contribution < -0.4 is 14.8 Å². The van der Waals surface area contributed by atoms with Gasteiger partial charge < -0.3 is 19.9 Å². The fourth-order valence-electron chi connectivity index (χ4n) is 3.75. The smallest absolute Gasteiger partial charge is 0.259 e. The Morgan fingerprint density at radius 3 is 2.36 bits per heavy atom. The first-order valence-corrected chi connectivity index (χ1v) is 11.6. The van der Waals surface area contributed by atoms with Crippen LogP contribution in [0.15, 0.2) is 64.8 Å². The third-order valence-corrected chi connectivity index (χ3v) is 6.16. The number of aromatic hydroxyl groups is 1. The first-order chi connectivity index (χ1) is 17.2. The Labute approximate surface area is 218 Å². The van der Waals surface area contributed by atoms with Gasteiger partial charge in [0, 0.05) is 16.5 Å². The quantitative estimate of drug-likeness (QED) is 0.249. The van der Waals surface area contributed by atoms with Crippen LogP contribution in [0.25, 0.3) is 10.8 Å².